The SMILES string of the molecule is CN1CCCC(C(=O)NCC(C)(O)c2ccc(F)cc2)C1. The Balaban J connectivity index is 1.91. The lowest BCUT2D eigenvalue weighted by molar-refractivity contribution is -0.127. The van der Waals surface area contributed by atoms with Crippen LogP contribution in [0, 0.1) is 11.7 Å². The molecule has 0 bridgehead atoms. The van der Waals surface area contributed by atoms with Crippen molar-refractivity contribution in [2.75, 3.05) is 26.7 Å². The van der Waals surface area contributed by atoms with Crippen LogP contribution in [0.1, 0.15) is 25.3 Å². The van der Waals surface area contributed by atoms with Crippen molar-refractivity contribution in [2.45, 2.75) is 25.4 Å². The van der Waals surface area contributed by atoms with E-state index >= 15 is 0 Å². The highest BCUT2D eigenvalue weighted by atomic mass is 19.1. The molecule has 5 heteroatoms. The van der Waals surface area contributed by atoms with Gasteiger partial charge in [-0.25, -0.2) is 4.39 Å². The third-order valence-electron chi connectivity index (χ3n) is 4.07. The van der Waals surface area contributed by atoms with E-state index in [2.05, 4.69) is 10.2 Å². The van der Waals surface area contributed by atoms with E-state index in [-0.39, 0.29) is 24.2 Å². The molecule has 0 aliphatic carbocycles. The summed E-state index contributed by atoms with van der Waals surface area (Å²) >= 11 is 0. The van der Waals surface area contributed by atoms with Crippen molar-refractivity contribution in [1.29, 1.82) is 0 Å². The Kier molecular flexibility index (Phi) is 4.96. The van der Waals surface area contributed by atoms with E-state index < -0.39 is 5.60 Å². The van der Waals surface area contributed by atoms with Crippen LogP contribution in [0.25, 0.3) is 0 Å². The molecule has 0 radical (unpaired) electrons. The van der Waals surface area contributed by atoms with Crippen LogP contribution in [-0.4, -0.2) is 42.6 Å². The van der Waals surface area contributed by atoms with E-state index in [4.69, 9.17) is 0 Å². The molecule has 21 heavy (non-hydrogen) atoms. The molecule has 1 aromatic carbocycles. The minimum Gasteiger partial charge on any atom is -0.384 e. The number of amides is 1. The summed E-state index contributed by atoms with van der Waals surface area (Å²) in [6, 6.07) is 5.69. The molecule has 4 nitrogen and oxygen atoms in total. The number of halogens is 1. The van der Waals surface area contributed by atoms with Gasteiger partial charge in [0, 0.05) is 6.54 Å². The first-order chi connectivity index (χ1) is 9.88. The lowest BCUT2D eigenvalue weighted by Crippen LogP contribution is -2.45. The average Bonchev–Trinajstić information content (AvgIpc) is 2.45. The number of rotatable bonds is 4. The molecule has 116 valence electrons. The molecule has 1 heterocycles. The van der Waals surface area contributed by atoms with E-state index in [1.165, 1.54) is 24.3 Å². The van der Waals surface area contributed by atoms with Gasteiger partial charge in [-0.15, -0.1) is 0 Å². The molecule has 1 aliphatic rings. The summed E-state index contributed by atoms with van der Waals surface area (Å²) in [5.41, 5.74) is -0.617. The van der Waals surface area contributed by atoms with E-state index in [0.29, 0.717) is 5.56 Å². The molecular weight excluding hydrogens is 271 g/mol. The number of likely N-dealkylation sites (tertiary alicyclic amines) is 1. The summed E-state index contributed by atoms with van der Waals surface area (Å²) < 4.78 is 12.9. The van der Waals surface area contributed by atoms with Gasteiger partial charge in [-0.3, -0.25) is 4.79 Å². The monoisotopic (exact) mass is 294 g/mol. The lowest BCUT2D eigenvalue weighted by Gasteiger charge is -2.30. The van der Waals surface area contributed by atoms with Crippen LogP contribution in [0.15, 0.2) is 24.3 Å². The number of nitrogens with one attached hydrogen (secondary N) is 1. The van der Waals surface area contributed by atoms with Gasteiger partial charge in [-0.2, -0.15) is 0 Å². The fourth-order valence-electron chi connectivity index (χ4n) is 2.69. The topological polar surface area (TPSA) is 52.6 Å². The summed E-state index contributed by atoms with van der Waals surface area (Å²) in [6.45, 7) is 3.52. The van der Waals surface area contributed by atoms with Crippen LogP contribution < -0.4 is 5.32 Å². The van der Waals surface area contributed by atoms with Gasteiger partial charge in [-0.05, 0) is 51.1 Å². The Morgan fingerprint density at radius 3 is 2.76 bits per heavy atom. The predicted molar refractivity (Wildman–Crippen MR) is 79.2 cm³/mol. The number of carbonyl (C=O) groups excluding carboxylic acids is 1. The van der Waals surface area contributed by atoms with Gasteiger partial charge >= 0.3 is 0 Å². The maximum absolute atomic E-state index is 12.9. The maximum Gasteiger partial charge on any atom is 0.224 e. The molecule has 2 N–H and O–H groups in total. The van der Waals surface area contributed by atoms with Crippen molar-refractivity contribution in [1.82, 2.24) is 10.2 Å². The number of hydrogen-bond donors (Lipinski definition) is 2. The molecule has 0 aromatic heterocycles. The zero-order chi connectivity index (χ0) is 15.5. The molecule has 1 aromatic rings. The summed E-state index contributed by atoms with van der Waals surface area (Å²) in [5.74, 6) is -0.388. The van der Waals surface area contributed by atoms with Crippen molar-refractivity contribution in [3.8, 4) is 0 Å². The van der Waals surface area contributed by atoms with Crippen LogP contribution in [0.3, 0.4) is 0 Å². The van der Waals surface area contributed by atoms with Gasteiger partial charge in [0.15, 0.2) is 0 Å². The Morgan fingerprint density at radius 1 is 1.48 bits per heavy atom. The standard InChI is InChI=1S/C16H23FN2O2/c1-16(21,13-5-7-14(17)8-6-13)11-18-15(20)12-4-3-9-19(2)10-12/h5-8,12,21H,3-4,9-11H2,1-2H3,(H,18,20). The normalized spacial score (nSPS) is 22.6. The second-order valence-electron chi connectivity index (χ2n) is 6.10. The molecule has 1 amide bonds. The Morgan fingerprint density at radius 2 is 2.14 bits per heavy atom. The Bertz CT molecular complexity index is 488. The molecule has 2 unspecified atom stereocenters. The number of piperidine rings is 1. The highest BCUT2D eigenvalue weighted by Crippen LogP contribution is 2.21. The van der Waals surface area contributed by atoms with Crippen LogP contribution in [0.5, 0.6) is 0 Å². The third-order valence-corrected chi connectivity index (χ3v) is 4.07. The molecule has 0 saturated carbocycles. The lowest BCUT2D eigenvalue weighted by atomic mass is 9.94. The quantitative estimate of drug-likeness (QED) is 0.884. The van der Waals surface area contributed by atoms with Crippen molar-refractivity contribution in [3.05, 3.63) is 35.6 Å². The van der Waals surface area contributed by atoms with Gasteiger partial charge in [0.1, 0.15) is 11.4 Å². The molecule has 1 aliphatic heterocycles. The van der Waals surface area contributed by atoms with Gasteiger partial charge in [-0.1, -0.05) is 12.1 Å². The first-order valence-electron chi connectivity index (χ1n) is 7.33. The van der Waals surface area contributed by atoms with Gasteiger partial charge in [0.05, 0.1) is 12.5 Å². The molecule has 2 atom stereocenters. The number of nitrogens with zero attached hydrogens (tertiary/aromatic N) is 1. The Labute approximate surface area is 125 Å². The Hall–Kier alpha value is -1.46. The van der Waals surface area contributed by atoms with E-state index in [9.17, 15) is 14.3 Å². The summed E-state index contributed by atoms with van der Waals surface area (Å²) in [7, 11) is 2.01. The fraction of sp³-hybridized carbons (Fsp3) is 0.562. The minimum atomic E-state index is -1.20. The zero-order valence-corrected chi connectivity index (χ0v) is 12.6. The van der Waals surface area contributed by atoms with Crippen molar-refractivity contribution in [3.63, 3.8) is 0 Å². The fourth-order valence-corrected chi connectivity index (χ4v) is 2.69. The molecule has 0 spiro atoms. The minimum absolute atomic E-state index is 0.0206. The average molecular weight is 294 g/mol. The molecular formula is C16H23FN2O2. The second kappa shape index (κ2) is 6.54. The van der Waals surface area contributed by atoms with Crippen molar-refractivity contribution >= 4 is 5.91 Å². The van der Waals surface area contributed by atoms with Crippen LogP contribution >= 0.6 is 0 Å². The third kappa shape index (κ3) is 4.25. The number of benzene rings is 1. The second-order valence-corrected chi connectivity index (χ2v) is 6.10. The highest BCUT2D eigenvalue weighted by Gasteiger charge is 2.28. The van der Waals surface area contributed by atoms with Crippen molar-refractivity contribution in [2.24, 2.45) is 5.92 Å². The zero-order valence-electron chi connectivity index (χ0n) is 12.6. The van der Waals surface area contributed by atoms with E-state index in [0.717, 1.165) is 25.9 Å². The maximum atomic E-state index is 12.9. The summed E-state index contributed by atoms with van der Waals surface area (Å²) in [4.78, 5) is 14.3. The number of carbonyl (C=O) groups is 1. The first kappa shape index (κ1) is 15.9. The van der Waals surface area contributed by atoms with Gasteiger partial charge < -0.3 is 15.3 Å². The first-order valence-corrected chi connectivity index (χ1v) is 7.33. The molecule has 1 fully saturated rings. The van der Waals surface area contributed by atoms with Gasteiger partial charge in [0.2, 0.25) is 5.91 Å². The van der Waals surface area contributed by atoms with Crippen LogP contribution in [-0.2, 0) is 10.4 Å². The van der Waals surface area contributed by atoms with Crippen LogP contribution in [0.2, 0.25) is 0 Å². The molecule has 2 rings (SSSR count). The van der Waals surface area contributed by atoms with Crippen molar-refractivity contribution < 1.29 is 14.3 Å². The van der Waals surface area contributed by atoms with Gasteiger partial charge in [0.25, 0.3) is 0 Å². The van der Waals surface area contributed by atoms with Crippen LogP contribution in [0.4, 0.5) is 4.39 Å². The van der Waals surface area contributed by atoms with E-state index in [1.807, 2.05) is 7.05 Å². The summed E-state index contributed by atoms with van der Waals surface area (Å²) in [5, 5.41) is 13.2. The largest absolute Gasteiger partial charge is 0.384 e. The molecule has 1 saturated heterocycles. The van der Waals surface area contributed by atoms with E-state index in [1.54, 1.807) is 6.92 Å². The number of hydrogen-bond acceptors (Lipinski definition) is 3. The summed E-state index contributed by atoms with van der Waals surface area (Å²) in [6.07, 6.45) is 1.90. The smallest absolute Gasteiger partial charge is 0.224 e. The number of aliphatic hydroxyl groups is 1. The predicted octanol–water partition coefficient (Wildman–Crippen LogP) is 1.49. The highest BCUT2D eigenvalue weighted by molar-refractivity contribution is 5.79.